The van der Waals surface area contributed by atoms with Crippen molar-refractivity contribution < 1.29 is 0 Å². The molecule has 0 aliphatic heterocycles. The molecule has 0 fully saturated rings. The molecule has 0 atom stereocenters. The maximum Gasteiger partial charge on any atom is 0.0640 e. The zero-order valence-corrected chi connectivity index (χ0v) is 6.81. The van der Waals surface area contributed by atoms with Crippen molar-refractivity contribution in [2.75, 3.05) is 34.4 Å². The van der Waals surface area contributed by atoms with Crippen molar-refractivity contribution in [3.05, 3.63) is 0 Å². The van der Waals surface area contributed by atoms with Crippen molar-refractivity contribution in [3.63, 3.8) is 0 Å². The quantitative estimate of drug-likeness (QED) is 0.427. The number of nitrogens with zero attached hydrogens (tertiary/aromatic N) is 2. The van der Waals surface area contributed by atoms with Crippen molar-refractivity contribution in [1.29, 1.82) is 0 Å². The Morgan fingerprint density at radius 2 is 1.89 bits per heavy atom. The second-order valence-corrected chi connectivity index (χ2v) is 2.30. The van der Waals surface area contributed by atoms with Gasteiger partial charge in [0.2, 0.25) is 0 Å². The normalized spacial score (nSPS) is 11.3. The van der Waals surface area contributed by atoms with Crippen LogP contribution in [-0.2, 0) is 0 Å². The second kappa shape index (κ2) is 4.73. The second-order valence-electron chi connectivity index (χ2n) is 2.30. The van der Waals surface area contributed by atoms with Crippen LogP contribution in [0.5, 0.6) is 0 Å². The first-order valence-corrected chi connectivity index (χ1v) is 3.27. The van der Waals surface area contributed by atoms with E-state index in [1.807, 2.05) is 7.05 Å². The highest BCUT2D eigenvalue weighted by Gasteiger charge is 1.96. The van der Waals surface area contributed by atoms with Crippen LogP contribution in [0.15, 0.2) is 0 Å². The molecule has 9 heavy (non-hydrogen) atoms. The van der Waals surface area contributed by atoms with Gasteiger partial charge in [0, 0.05) is 6.54 Å². The molecule has 0 radical (unpaired) electrons. The van der Waals surface area contributed by atoms with Crippen LogP contribution in [0.25, 0.3) is 0 Å². The van der Waals surface area contributed by atoms with E-state index in [0.717, 1.165) is 13.2 Å². The summed E-state index contributed by atoms with van der Waals surface area (Å²) in [6, 6.07) is 0. The zero-order valence-electron chi connectivity index (χ0n) is 6.81. The van der Waals surface area contributed by atoms with E-state index in [0.29, 0.717) is 0 Å². The van der Waals surface area contributed by atoms with E-state index in [1.165, 1.54) is 0 Å². The third-order valence-electron chi connectivity index (χ3n) is 1.15. The Labute approximate surface area is 57.6 Å². The van der Waals surface area contributed by atoms with Crippen LogP contribution in [0.1, 0.15) is 6.92 Å². The molecule has 0 amide bonds. The van der Waals surface area contributed by atoms with Gasteiger partial charge in [-0.25, -0.2) is 5.01 Å². The summed E-state index contributed by atoms with van der Waals surface area (Å²) in [6.45, 7) is 4.13. The molecule has 0 spiro atoms. The summed E-state index contributed by atoms with van der Waals surface area (Å²) < 4.78 is 0. The summed E-state index contributed by atoms with van der Waals surface area (Å²) in [4.78, 5) is 2.12. The van der Waals surface area contributed by atoms with Crippen LogP contribution >= 0.6 is 0 Å². The fourth-order valence-electron chi connectivity index (χ4n) is 0.670. The SMILES string of the molecule is CCN(CN(C)C)NC. The summed E-state index contributed by atoms with van der Waals surface area (Å²) in [7, 11) is 6.05. The van der Waals surface area contributed by atoms with Crippen molar-refractivity contribution in [1.82, 2.24) is 15.3 Å². The van der Waals surface area contributed by atoms with E-state index in [4.69, 9.17) is 0 Å². The molecule has 3 nitrogen and oxygen atoms in total. The maximum atomic E-state index is 3.07. The molecule has 0 aromatic heterocycles. The summed E-state index contributed by atoms with van der Waals surface area (Å²) in [6.07, 6.45) is 0. The maximum absolute atomic E-state index is 3.07. The Balaban J connectivity index is 3.31. The number of hydrogen-bond donors (Lipinski definition) is 1. The highest BCUT2D eigenvalue weighted by Crippen LogP contribution is 1.80. The number of hydrogen-bond acceptors (Lipinski definition) is 3. The van der Waals surface area contributed by atoms with Gasteiger partial charge in [0.1, 0.15) is 0 Å². The van der Waals surface area contributed by atoms with Crippen LogP contribution in [0.4, 0.5) is 0 Å². The molecule has 0 aliphatic carbocycles. The summed E-state index contributed by atoms with van der Waals surface area (Å²) in [5.41, 5.74) is 3.07. The third-order valence-corrected chi connectivity index (χ3v) is 1.15. The highest BCUT2D eigenvalue weighted by molar-refractivity contribution is 4.42. The van der Waals surface area contributed by atoms with Crippen molar-refractivity contribution in [2.45, 2.75) is 6.92 Å². The molecule has 0 heterocycles. The van der Waals surface area contributed by atoms with Gasteiger partial charge in [0.15, 0.2) is 0 Å². The van der Waals surface area contributed by atoms with Gasteiger partial charge in [-0.1, -0.05) is 6.92 Å². The molecule has 0 aromatic carbocycles. The molecule has 1 N–H and O–H groups in total. The molecule has 0 unspecified atom stereocenters. The minimum absolute atomic E-state index is 0.965. The van der Waals surface area contributed by atoms with Crippen molar-refractivity contribution in [3.8, 4) is 0 Å². The Morgan fingerprint density at radius 3 is 2.00 bits per heavy atom. The summed E-state index contributed by atoms with van der Waals surface area (Å²) >= 11 is 0. The van der Waals surface area contributed by atoms with Gasteiger partial charge in [0.25, 0.3) is 0 Å². The van der Waals surface area contributed by atoms with Crippen LogP contribution in [0.2, 0.25) is 0 Å². The number of nitrogens with one attached hydrogen (secondary N) is 1. The van der Waals surface area contributed by atoms with Gasteiger partial charge in [-0.3, -0.25) is 10.3 Å². The average Bonchev–Trinajstić information content (AvgIpc) is 1.82. The highest BCUT2D eigenvalue weighted by atomic mass is 15.5. The minimum atomic E-state index is 0.965. The number of rotatable bonds is 4. The standard InChI is InChI=1S/C6H17N3/c1-5-9(7-2)6-8(3)4/h7H,5-6H2,1-4H3. The largest absolute Gasteiger partial charge is 0.296 e. The van der Waals surface area contributed by atoms with E-state index in [1.54, 1.807) is 0 Å². The fraction of sp³-hybridized carbons (Fsp3) is 1.00. The van der Waals surface area contributed by atoms with Gasteiger partial charge in [0.05, 0.1) is 6.67 Å². The van der Waals surface area contributed by atoms with Gasteiger partial charge in [-0.2, -0.15) is 0 Å². The first kappa shape index (κ1) is 8.88. The molecule has 0 saturated carbocycles. The monoisotopic (exact) mass is 131 g/mol. The molecule has 0 aliphatic rings. The Bertz CT molecular complexity index is 59.3. The predicted molar refractivity (Wildman–Crippen MR) is 40.0 cm³/mol. The fourth-order valence-corrected chi connectivity index (χ4v) is 0.670. The van der Waals surface area contributed by atoms with Crippen LogP contribution in [0.3, 0.4) is 0 Å². The van der Waals surface area contributed by atoms with Gasteiger partial charge in [-0.15, -0.1) is 0 Å². The lowest BCUT2D eigenvalue weighted by Crippen LogP contribution is -2.41. The Hall–Kier alpha value is -0.120. The average molecular weight is 131 g/mol. The predicted octanol–water partition coefficient (Wildman–Crippen LogP) is -0.0382. The Kier molecular flexibility index (Phi) is 4.67. The summed E-state index contributed by atoms with van der Waals surface area (Å²) in [5, 5.41) is 2.12. The van der Waals surface area contributed by atoms with E-state index >= 15 is 0 Å². The molecule has 56 valence electrons. The van der Waals surface area contributed by atoms with Crippen molar-refractivity contribution in [2.24, 2.45) is 0 Å². The minimum Gasteiger partial charge on any atom is -0.296 e. The topological polar surface area (TPSA) is 18.5 Å². The van der Waals surface area contributed by atoms with Gasteiger partial charge < -0.3 is 0 Å². The molecule has 0 saturated heterocycles. The molecular weight excluding hydrogens is 114 g/mol. The van der Waals surface area contributed by atoms with Crippen LogP contribution in [0, 0.1) is 0 Å². The van der Waals surface area contributed by atoms with E-state index in [2.05, 4.69) is 36.4 Å². The first-order valence-electron chi connectivity index (χ1n) is 3.27. The first-order chi connectivity index (χ1) is 4.20. The van der Waals surface area contributed by atoms with Crippen LogP contribution in [-0.4, -0.2) is 44.3 Å². The van der Waals surface area contributed by atoms with Crippen LogP contribution < -0.4 is 5.43 Å². The smallest absolute Gasteiger partial charge is 0.0640 e. The molecule has 0 aromatic rings. The lowest BCUT2D eigenvalue weighted by Gasteiger charge is -2.22. The Morgan fingerprint density at radius 1 is 1.33 bits per heavy atom. The van der Waals surface area contributed by atoms with E-state index in [9.17, 15) is 0 Å². The van der Waals surface area contributed by atoms with Crippen molar-refractivity contribution >= 4 is 0 Å². The summed E-state index contributed by atoms with van der Waals surface area (Å²) in [5.74, 6) is 0. The zero-order chi connectivity index (χ0) is 7.28. The molecular formula is C6H17N3. The lowest BCUT2D eigenvalue weighted by molar-refractivity contribution is 0.137. The molecule has 3 heteroatoms. The van der Waals surface area contributed by atoms with E-state index in [-0.39, 0.29) is 0 Å². The molecule has 0 rings (SSSR count). The third kappa shape index (κ3) is 4.39. The molecule has 0 bridgehead atoms. The lowest BCUT2D eigenvalue weighted by atomic mass is 10.7. The number of hydrazine groups is 1. The van der Waals surface area contributed by atoms with Gasteiger partial charge >= 0.3 is 0 Å². The van der Waals surface area contributed by atoms with E-state index < -0.39 is 0 Å². The van der Waals surface area contributed by atoms with Gasteiger partial charge in [-0.05, 0) is 21.1 Å².